The topological polar surface area (TPSA) is 83.6 Å². The number of aromatic nitrogens is 1. The van der Waals surface area contributed by atoms with Gasteiger partial charge < -0.3 is 14.4 Å². The molecule has 0 radical (unpaired) electrons. The molecule has 2 aliphatic rings. The van der Waals surface area contributed by atoms with E-state index in [1.165, 1.54) is 0 Å². The molecule has 1 aromatic heterocycles. The Balaban J connectivity index is 1.37. The van der Waals surface area contributed by atoms with Gasteiger partial charge in [-0.1, -0.05) is 54.6 Å². The van der Waals surface area contributed by atoms with Gasteiger partial charge in [-0.2, -0.15) is 4.98 Å². The quantitative estimate of drug-likeness (QED) is 0.713. The highest BCUT2D eigenvalue weighted by Gasteiger charge is 2.52. The summed E-state index contributed by atoms with van der Waals surface area (Å²) in [7, 11) is -3.25. The average Bonchev–Trinajstić information content (AvgIpc) is 3.18. The summed E-state index contributed by atoms with van der Waals surface area (Å²) >= 11 is 0. The first-order valence-corrected chi connectivity index (χ1v) is 11.4. The molecule has 0 amide bonds. The van der Waals surface area contributed by atoms with E-state index < -0.39 is 14.6 Å². The number of hydrogen-bond donors (Lipinski definition) is 1. The highest BCUT2D eigenvalue weighted by molar-refractivity contribution is 7.92. The van der Waals surface area contributed by atoms with E-state index in [4.69, 9.17) is 4.42 Å². The van der Waals surface area contributed by atoms with Crippen molar-refractivity contribution in [3.63, 3.8) is 0 Å². The number of piperidine rings is 1. The van der Waals surface area contributed by atoms with E-state index >= 15 is 0 Å². The number of anilines is 1. The maximum atomic E-state index is 13.0. The van der Waals surface area contributed by atoms with Crippen LogP contribution in [0.2, 0.25) is 0 Å². The van der Waals surface area contributed by atoms with Gasteiger partial charge in [0.2, 0.25) is 0 Å². The fourth-order valence-electron chi connectivity index (χ4n) is 4.60. The molecule has 0 aliphatic carbocycles. The van der Waals surface area contributed by atoms with Gasteiger partial charge in [-0.3, -0.25) is 0 Å². The fraction of sp³-hybridized carbons (Fsp3) is 0.318. The molecule has 6 nitrogen and oxygen atoms in total. The summed E-state index contributed by atoms with van der Waals surface area (Å²) in [4.78, 5) is 6.12. The van der Waals surface area contributed by atoms with Crippen LogP contribution < -0.4 is 4.90 Å². The maximum absolute atomic E-state index is 13.0. The minimum atomic E-state index is -3.25. The molecule has 3 heterocycles. The normalized spacial score (nSPS) is 19.4. The molecule has 1 N–H and O–H groups in total. The first-order chi connectivity index (χ1) is 14.0. The lowest BCUT2D eigenvalue weighted by Gasteiger charge is -2.38. The number of benzene rings is 2. The lowest BCUT2D eigenvalue weighted by atomic mass is 9.86. The third kappa shape index (κ3) is 2.92. The molecule has 0 saturated carbocycles. The molecule has 5 rings (SSSR count). The Labute approximate surface area is 169 Å². The van der Waals surface area contributed by atoms with Crippen molar-refractivity contribution >= 4 is 15.9 Å². The van der Waals surface area contributed by atoms with Gasteiger partial charge in [0.05, 0.1) is 5.75 Å². The summed E-state index contributed by atoms with van der Waals surface area (Å²) in [5, 5.41) is 10.2. The van der Waals surface area contributed by atoms with Gasteiger partial charge in [0, 0.05) is 19.5 Å². The zero-order chi connectivity index (χ0) is 20.1. The lowest BCUT2D eigenvalue weighted by Crippen LogP contribution is -2.45. The number of fused-ring (bicyclic) bond motifs is 2. The van der Waals surface area contributed by atoms with Crippen molar-refractivity contribution in [1.29, 1.82) is 0 Å². The molecular weight excluding hydrogens is 388 g/mol. The van der Waals surface area contributed by atoms with Crippen LogP contribution in [-0.4, -0.2) is 31.6 Å². The number of hydrogen-bond acceptors (Lipinski definition) is 6. The highest BCUT2D eigenvalue weighted by Crippen LogP contribution is 2.49. The molecular formula is C22H22N2O4S. The van der Waals surface area contributed by atoms with Crippen LogP contribution in [0.15, 0.2) is 59.0 Å². The van der Waals surface area contributed by atoms with Crippen molar-refractivity contribution in [2.45, 2.75) is 29.8 Å². The van der Waals surface area contributed by atoms with Gasteiger partial charge in [-0.25, -0.2) is 8.42 Å². The van der Waals surface area contributed by atoms with Gasteiger partial charge in [0.25, 0.3) is 5.88 Å². The number of nitrogens with zero attached hydrogens (tertiary/aromatic N) is 2. The predicted octanol–water partition coefficient (Wildman–Crippen LogP) is 3.40. The Kier molecular flexibility index (Phi) is 4.17. The summed E-state index contributed by atoms with van der Waals surface area (Å²) in [6, 6.07) is 17.8. The minimum Gasteiger partial charge on any atom is -0.491 e. The third-order valence-electron chi connectivity index (χ3n) is 6.16. The Morgan fingerprint density at radius 2 is 1.72 bits per heavy atom. The maximum Gasteiger partial charge on any atom is 0.300 e. The van der Waals surface area contributed by atoms with Crippen LogP contribution in [0.5, 0.6) is 5.88 Å². The average molecular weight is 410 g/mol. The van der Waals surface area contributed by atoms with Crippen LogP contribution >= 0.6 is 0 Å². The lowest BCUT2D eigenvalue weighted by molar-refractivity contribution is 0.403. The number of rotatable bonds is 3. The van der Waals surface area contributed by atoms with Gasteiger partial charge in [-0.05, 0) is 29.5 Å². The molecule has 7 heteroatoms. The number of oxazole rings is 1. The van der Waals surface area contributed by atoms with Gasteiger partial charge >= 0.3 is 6.01 Å². The molecule has 1 saturated heterocycles. The van der Waals surface area contributed by atoms with E-state index in [1.807, 2.05) is 59.5 Å². The van der Waals surface area contributed by atoms with E-state index in [0.29, 0.717) is 44.1 Å². The van der Waals surface area contributed by atoms with Crippen molar-refractivity contribution < 1.29 is 17.9 Å². The van der Waals surface area contributed by atoms with E-state index in [-0.39, 0.29) is 11.6 Å². The van der Waals surface area contributed by atoms with Crippen LogP contribution in [0.3, 0.4) is 0 Å². The fourth-order valence-corrected chi connectivity index (χ4v) is 6.88. The largest absolute Gasteiger partial charge is 0.491 e. The van der Waals surface area contributed by atoms with Crippen molar-refractivity contribution in [2.75, 3.05) is 18.0 Å². The van der Waals surface area contributed by atoms with Crippen LogP contribution in [-0.2, 0) is 26.8 Å². The zero-order valence-electron chi connectivity index (χ0n) is 15.9. The van der Waals surface area contributed by atoms with Gasteiger partial charge in [-0.15, -0.1) is 0 Å². The SMILES string of the molecule is O=S1(=O)Cc2ccccc2C12CCN(c1nc(O)c(Cc3ccccc3)o1)CC2. The van der Waals surface area contributed by atoms with E-state index in [0.717, 1.165) is 16.7 Å². The smallest absolute Gasteiger partial charge is 0.300 e. The summed E-state index contributed by atoms with van der Waals surface area (Å²) in [6.07, 6.45) is 1.44. The van der Waals surface area contributed by atoms with Crippen molar-refractivity contribution in [3.8, 4) is 5.88 Å². The zero-order valence-corrected chi connectivity index (χ0v) is 16.7. The summed E-state index contributed by atoms with van der Waals surface area (Å²) in [5.74, 6) is 0.428. The van der Waals surface area contributed by atoms with Crippen LogP contribution in [0.25, 0.3) is 0 Å². The number of aromatic hydroxyl groups is 1. The molecule has 2 aromatic carbocycles. The van der Waals surface area contributed by atoms with Gasteiger partial charge in [0.1, 0.15) is 4.75 Å². The van der Waals surface area contributed by atoms with E-state index in [1.54, 1.807) is 0 Å². The van der Waals surface area contributed by atoms with Crippen molar-refractivity contribution in [1.82, 2.24) is 4.98 Å². The Morgan fingerprint density at radius 1 is 1.03 bits per heavy atom. The molecule has 0 atom stereocenters. The Bertz CT molecular complexity index is 1150. The molecule has 150 valence electrons. The molecule has 29 heavy (non-hydrogen) atoms. The van der Waals surface area contributed by atoms with E-state index in [2.05, 4.69) is 4.98 Å². The summed E-state index contributed by atoms with van der Waals surface area (Å²) in [6.45, 7) is 1.02. The third-order valence-corrected chi connectivity index (χ3v) is 8.67. The first kappa shape index (κ1) is 18.2. The van der Waals surface area contributed by atoms with Crippen LogP contribution in [0.4, 0.5) is 6.01 Å². The molecule has 0 bridgehead atoms. The molecule has 3 aromatic rings. The van der Waals surface area contributed by atoms with Gasteiger partial charge in [0.15, 0.2) is 15.6 Å². The second kappa shape index (κ2) is 6.62. The second-order valence-electron chi connectivity index (χ2n) is 7.80. The van der Waals surface area contributed by atoms with E-state index in [9.17, 15) is 13.5 Å². The standard InChI is InChI=1S/C22H22N2O4S/c25-20-19(14-16-6-2-1-3-7-16)28-21(23-20)24-12-10-22(11-13-24)18-9-5-4-8-17(18)15-29(22,26)27/h1-9,25H,10-15H2. The minimum absolute atomic E-state index is 0.108. The Hall–Kier alpha value is -2.80. The van der Waals surface area contributed by atoms with Crippen LogP contribution in [0, 0.1) is 0 Å². The highest BCUT2D eigenvalue weighted by atomic mass is 32.2. The Morgan fingerprint density at radius 3 is 2.48 bits per heavy atom. The van der Waals surface area contributed by atoms with Crippen molar-refractivity contribution in [2.24, 2.45) is 0 Å². The summed E-state index contributed by atoms with van der Waals surface area (Å²) < 4.78 is 31.0. The first-order valence-electron chi connectivity index (χ1n) is 9.77. The molecule has 2 aliphatic heterocycles. The summed E-state index contributed by atoms with van der Waals surface area (Å²) in [5.41, 5.74) is 2.89. The molecule has 0 unspecified atom stereocenters. The monoisotopic (exact) mass is 410 g/mol. The van der Waals surface area contributed by atoms with Crippen LogP contribution in [0.1, 0.15) is 35.3 Å². The molecule has 1 spiro atoms. The predicted molar refractivity (Wildman–Crippen MR) is 110 cm³/mol. The molecule has 1 fully saturated rings. The second-order valence-corrected chi connectivity index (χ2v) is 10.1. The number of sulfone groups is 1. The van der Waals surface area contributed by atoms with Crippen molar-refractivity contribution in [3.05, 3.63) is 77.0 Å².